The minimum atomic E-state index is 0.869. The van der Waals surface area contributed by atoms with Gasteiger partial charge in [-0.15, -0.1) is 0 Å². The number of benzene rings is 1. The molecule has 0 aliphatic carbocycles. The van der Waals surface area contributed by atoms with E-state index < -0.39 is 0 Å². The highest BCUT2D eigenvalue weighted by molar-refractivity contribution is 5.55. The molecule has 0 saturated heterocycles. The Morgan fingerprint density at radius 3 is 2.78 bits per heavy atom. The van der Waals surface area contributed by atoms with E-state index in [4.69, 9.17) is 9.97 Å². The Kier molecular flexibility index (Phi) is 3.07. The molecule has 0 unspecified atom stereocenters. The van der Waals surface area contributed by atoms with Crippen molar-refractivity contribution in [2.45, 2.75) is 26.3 Å². The minimum Gasteiger partial charge on any atom is -0.312 e. The highest BCUT2D eigenvalue weighted by atomic mass is 14.9. The van der Waals surface area contributed by atoms with Crippen molar-refractivity contribution >= 4 is 0 Å². The topological polar surface area (TPSA) is 37.8 Å². The lowest BCUT2D eigenvalue weighted by Gasteiger charge is -2.19. The largest absolute Gasteiger partial charge is 0.312 e. The third-order valence-corrected chi connectivity index (χ3v) is 3.39. The summed E-state index contributed by atoms with van der Waals surface area (Å²) in [6, 6.07) is 10.2. The van der Waals surface area contributed by atoms with Crippen LogP contribution in [0.2, 0.25) is 0 Å². The van der Waals surface area contributed by atoms with Crippen LogP contribution in [0.3, 0.4) is 0 Å². The molecule has 1 aliphatic rings. The van der Waals surface area contributed by atoms with Crippen LogP contribution in [-0.2, 0) is 19.4 Å². The van der Waals surface area contributed by atoms with Gasteiger partial charge in [-0.2, -0.15) is 0 Å². The maximum absolute atomic E-state index is 4.74. The zero-order valence-corrected chi connectivity index (χ0v) is 10.6. The molecule has 2 aromatic rings. The fourth-order valence-electron chi connectivity index (χ4n) is 2.42. The van der Waals surface area contributed by atoms with Crippen LogP contribution in [0.25, 0.3) is 11.4 Å². The second-order valence-electron chi connectivity index (χ2n) is 4.57. The first kappa shape index (κ1) is 11.4. The molecule has 0 atom stereocenters. The van der Waals surface area contributed by atoms with Gasteiger partial charge in [-0.1, -0.05) is 37.3 Å². The van der Waals surface area contributed by atoms with Gasteiger partial charge >= 0.3 is 0 Å². The monoisotopic (exact) mass is 239 g/mol. The summed E-state index contributed by atoms with van der Waals surface area (Å²) in [5.41, 5.74) is 4.82. The summed E-state index contributed by atoms with van der Waals surface area (Å²) in [6.45, 7) is 4.08. The van der Waals surface area contributed by atoms with Gasteiger partial charge in [-0.05, 0) is 6.42 Å². The number of nitrogens with zero attached hydrogens (tertiary/aromatic N) is 2. The number of rotatable bonds is 2. The molecule has 1 N–H and O–H groups in total. The Hall–Kier alpha value is -1.74. The Balaban J connectivity index is 2.12. The van der Waals surface area contributed by atoms with Crippen LogP contribution < -0.4 is 5.32 Å². The van der Waals surface area contributed by atoms with Crippen molar-refractivity contribution in [3.05, 3.63) is 47.3 Å². The van der Waals surface area contributed by atoms with Crippen molar-refractivity contribution in [3.8, 4) is 11.4 Å². The smallest absolute Gasteiger partial charge is 0.159 e. The summed E-state index contributed by atoms with van der Waals surface area (Å²) in [5, 5.41) is 3.39. The average molecular weight is 239 g/mol. The molecule has 1 aromatic heterocycles. The molecule has 3 rings (SSSR count). The van der Waals surface area contributed by atoms with Gasteiger partial charge < -0.3 is 5.32 Å². The Labute approximate surface area is 107 Å². The maximum Gasteiger partial charge on any atom is 0.159 e. The summed E-state index contributed by atoms with van der Waals surface area (Å²) in [7, 11) is 0. The first-order valence-corrected chi connectivity index (χ1v) is 6.53. The molecule has 0 bridgehead atoms. The zero-order valence-electron chi connectivity index (χ0n) is 10.6. The van der Waals surface area contributed by atoms with E-state index in [9.17, 15) is 0 Å². The quantitative estimate of drug-likeness (QED) is 0.874. The van der Waals surface area contributed by atoms with Crippen molar-refractivity contribution in [2.75, 3.05) is 6.54 Å². The zero-order chi connectivity index (χ0) is 12.4. The number of fused-ring (bicyclic) bond motifs is 1. The van der Waals surface area contributed by atoms with E-state index >= 15 is 0 Å². The molecular formula is C15H17N3. The fourth-order valence-corrected chi connectivity index (χ4v) is 2.42. The van der Waals surface area contributed by atoms with Crippen molar-refractivity contribution in [1.29, 1.82) is 0 Å². The van der Waals surface area contributed by atoms with Gasteiger partial charge in [0.2, 0.25) is 0 Å². The van der Waals surface area contributed by atoms with Crippen molar-refractivity contribution < 1.29 is 0 Å². The average Bonchev–Trinajstić information content (AvgIpc) is 2.47. The maximum atomic E-state index is 4.74. The molecule has 2 heterocycles. The van der Waals surface area contributed by atoms with Crippen LogP contribution in [0.5, 0.6) is 0 Å². The molecule has 0 spiro atoms. The lowest BCUT2D eigenvalue weighted by Crippen LogP contribution is -2.26. The number of aromatic nitrogens is 2. The lowest BCUT2D eigenvalue weighted by molar-refractivity contribution is 0.618. The SMILES string of the molecule is CCc1nc(-c2ccccc2)nc2c1CNCC2. The molecule has 0 saturated carbocycles. The Morgan fingerprint density at radius 2 is 2.00 bits per heavy atom. The van der Waals surface area contributed by atoms with Gasteiger partial charge in [-0.25, -0.2) is 9.97 Å². The van der Waals surface area contributed by atoms with Gasteiger partial charge in [0.05, 0.1) is 5.69 Å². The molecule has 3 heteroatoms. The van der Waals surface area contributed by atoms with E-state index in [1.165, 1.54) is 17.0 Å². The van der Waals surface area contributed by atoms with Crippen molar-refractivity contribution in [1.82, 2.24) is 15.3 Å². The van der Waals surface area contributed by atoms with Crippen LogP contribution in [0.1, 0.15) is 23.9 Å². The number of nitrogens with one attached hydrogen (secondary N) is 1. The van der Waals surface area contributed by atoms with Crippen LogP contribution in [-0.4, -0.2) is 16.5 Å². The minimum absolute atomic E-state index is 0.869. The summed E-state index contributed by atoms with van der Waals surface area (Å²) in [6.07, 6.45) is 1.97. The Morgan fingerprint density at radius 1 is 1.17 bits per heavy atom. The van der Waals surface area contributed by atoms with Crippen molar-refractivity contribution in [2.24, 2.45) is 0 Å². The van der Waals surface area contributed by atoms with Gasteiger partial charge in [0.25, 0.3) is 0 Å². The van der Waals surface area contributed by atoms with Crippen LogP contribution in [0, 0.1) is 0 Å². The van der Waals surface area contributed by atoms with E-state index in [2.05, 4.69) is 24.4 Å². The van der Waals surface area contributed by atoms with E-state index in [1.54, 1.807) is 0 Å². The fraction of sp³-hybridized carbons (Fsp3) is 0.333. The summed E-state index contributed by atoms with van der Waals surface area (Å²) in [5.74, 6) is 0.869. The molecule has 0 amide bonds. The van der Waals surface area contributed by atoms with E-state index in [1.807, 2.05) is 18.2 Å². The summed E-state index contributed by atoms with van der Waals surface area (Å²) >= 11 is 0. The first-order valence-electron chi connectivity index (χ1n) is 6.53. The number of aryl methyl sites for hydroxylation is 1. The standard InChI is InChI=1S/C15H17N3/c1-2-13-12-10-16-9-8-14(12)18-15(17-13)11-6-4-3-5-7-11/h3-7,16H,2,8-10H2,1H3. The highest BCUT2D eigenvalue weighted by Crippen LogP contribution is 2.21. The third-order valence-electron chi connectivity index (χ3n) is 3.39. The number of hydrogen-bond donors (Lipinski definition) is 1. The predicted molar refractivity (Wildman–Crippen MR) is 72.3 cm³/mol. The van der Waals surface area contributed by atoms with Crippen LogP contribution in [0.4, 0.5) is 0 Å². The van der Waals surface area contributed by atoms with Crippen LogP contribution >= 0.6 is 0 Å². The molecule has 1 aliphatic heterocycles. The van der Waals surface area contributed by atoms with Crippen molar-refractivity contribution in [3.63, 3.8) is 0 Å². The van der Waals surface area contributed by atoms with E-state index in [0.29, 0.717) is 0 Å². The normalized spacial score (nSPS) is 14.3. The molecule has 92 valence electrons. The van der Waals surface area contributed by atoms with Gasteiger partial charge in [0.1, 0.15) is 0 Å². The van der Waals surface area contributed by atoms with E-state index in [0.717, 1.165) is 37.3 Å². The summed E-state index contributed by atoms with van der Waals surface area (Å²) in [4.78, 5) is 9.46. The van der Waals surface area contributed by atoms with Gasteiger partial charge in [-0.3, -0.25) is 0 Å². The molecule has 0 fully saturated rings. The molecule has 3 nitrogen and oxygen atoms in total. The van der Waals surface area contributed by atoms with Crippen LogP contribution in [0.15, 0.2) is 30.3 Å². The highest BCUT2D eigenvalue weighted by Gasteiger charge is 2.16. The lowest BCUT2D eigenvalue weighted by atomic mass is 10.0. The van der Waals surface area contributed by atoms with Gasteiger partial charge in [0, 0.05) is 36.3 Å². The predicted octanol–water partition coefficient (Wildman–Crippen LogP) is 2.35. The number of hydrogen-bond acceptors (Lipinski definition) is 3. The third kappa shape index (κ3) is 2.02. The second kappa shape index (κ2) is 4.86. The second-order valence-corrected chi connectivity index (χ2v) is 4.57. The summed E-state index contributed by atoms with van der Waals surface area (Å²) < 4.78 is 0. The molecule has 1 aromatic carbocycles. The first-order chi connectivity index (χ1) is 8.88. The molecular weight excluding hydrogens is 222 g/mol. The van der Waals surface area contributed by atoms with E-state index in [-0.39, 0.29) is 0 Å². The molecule has 0 radical (unpaired) electrons. The Bertz CT molecular complexity index is 532. The van der Waals surface area contributed by atoms with Gasteiger partial charge in [0.15, 0.2) is 5.82 Å². The molecule has 18 heavy (non-hydrogen) atoms.